The van der Waals surface area contributed by atoms with Gasteiger partial charge in [-0.3, -0.25) is 0 Å². The van der Waals surface area contributed by atoms with Gasteiger partial charge in [-0.25, -0.2) is 0 Å². The van der Waals surface area contributed by atoms with Crippen LogP contribution < -0.4 is 17.2 Å². The molecule has 45 heavy (non-hydrogen) atoms. The molecule has 0 saturated heterocycles. The molecule has 0 bridgehead atoms. The van der Waals surface area contributed by atoms with E-state index >= 15 is 0 Å². The monoisotopic (exact) mass is 634 g/mol. The van der Waals surface area contributed by atoms with Crippen LogP contribution in [0.5, 0.6) is 0 Å². The summed E-state index contributed by atoms with van der Waals surface area (Å²) in [6.07, 6.45) is 16.7. The van der Waals surface area contributed by atoms with Crippen LogP contribution in [0.25, 0.3) is 0 Å². The summed E-state index contributed by atoms with van der Waals surface area (Å²) in [6.45, 7) is 18.0. The van der Waals surface area contributed by atoms with Crippen molar-refractivity contribution < 1.29 is 18.9 Å². The highest BCUT2D eigenvalue weighted by molar-refractivity contribution is 5.15. The number of hydrogen-bond donors (Lipinski definition) is 3. The third-order valence-corrected chi connectivity index (χ3v) is 13.1. The first-order valence-electron chi connectivity index (χ1n) is 18.9. The molecule has 7 nitrogen and oxygen atoms in total. The molecule has 0 heterocycles. The van der Waals surface area contributed by atoms with Gasteiger partial charge >= 0.3 is 0 Å². The SMILES string of the molecule is CC(C)=CCOCCCC(C)C1CCC2C3[C@H](OCCCN)CC4C[C@H](OCCCN)CC[C@]4(C)[C@H]3C[C@H](OCCCN)[C@]12C. The Kier molecular flexibility index (Phi) is 14.7. The highest BCUT2D eigenvalue weighted by Crippen LogP contribution is 2.69. The van der Waals surface area contributed by atoms with Crippen molar-refractivity contribution in [3.63, 3.8) is 0 Å². The molecule has 4 saturated carbocycles. The average Bonchev–Trinajstić information content (AvgIpc) is 3.37. The Bertz CT molecular complexity index is 898. The maximum atomic E-state index is 6.99. The Labute approximate surface area is 276 Å². The van der Waals surface area contributed by atoms with Gasteiger partial charge in [-0.1, -0.05) is 32.4 Å². The molecule has 11 atom stereocenters. The van der Waals surface area contributed by atoms with Gasteiger partial charge in [-0.2, -0.15) is 0 Å². The molecule has 0 aromatic carbocycles. The third kappa shape index (κ3) is 8.74. The molecule has 5 unspecified atom stereocenters. The van der Waals surface area contributed by atoms with E-state index in [1.807, 2.05) is 0 Å². The summed E-state index contributed by atoms with van der Waals surface area (Å²) in [6, 6.07) is 0. The molecule has 4 aliphatic carbocycles. The standard InChI is InChI=1S/C38H71N3O4/c1-27(2)14-23-42-19-6-10-28(3)31-11-12-32-36-33(26-35(38(31,32)5)45-22-9-18-41)37(4)15-13-30(43-20-7-16-39)24-29(37)25-34(36)44-21-8-17-40/h14,28-36H,6-13,15-26,39-41H2,1-5H3/t28?,29?,30-,31?,32?,33+,34-,35+,36?,37+,38-/m1/s1. The smallest absolute Gasteiger partial charge is 0.0649 e. The van der Waals surface area contributed by atoms with Crippen LogP contribution in [0.15, 0.2) is 11.6 Å². The van der Waals surface area contributed by atoms with Crippen LogP contribution >= 0.6 is 0 Å². The molecule has 4 aliphatic rings. The lowest BCUT2D eigenvalue weighted by molar-refractivity contribution is -0.227. The summed E-state index contributed by atoms with van der Waals surface area (Å²) < 4.78 is 26.2. The molecule has 0 spiro atoms. The van der Waals surface area contributed by atoms with Gasteiger partial charge in [0.15, 0.2) is 0 Å². The topological polar surface area (TPSA) is 115 Å². The molecule has 6 N–H and O–H groups in total. The Morgan fingerprint density at radius 1 is 0.800 bits per heavy atom. The summed E-state index contributed by atoms with van der Waals surface area (Å²) in [5.74, 6) is 3.75. The third-order valence-electron chi connectivity index (χ3n) is 13.1. The predicted octanol–water partition coefficient (Wildman–Crippen LogP) is 6.47. The van der Waals surface area contributed by atoms with Crippen molar-refractivity contribution in [1.29, 1.82) is 0 Å². The molecule has 7 heteroatoms. The highest BCUT2D eigenvalue weighted by Gasteiger charge is 2.66. The van der Waals surface area contributed by atoms with Crippen LogP contribution in [0, 0.1) is 46.3 Å². The van der Waals surface area contributed by atoms with Crippen molar-refractivity contribution in [3.8, 4) is 0 Å². The number of rotatable bonds is 19. The van der Waals surface area contributed by atoms with E-state index in [2.05, 4.69) is 40.7 Å². The second-order valence-corrected chi connectivity index (χ2v) is 16.0. The number of hydrogen-bond acceptors (Lipinski definition) is 7. The van der Waals surface area contributed by atoms with E-state index in [-0.39, 0.29) is 11.5 Å². The highest BCUT2D eigenvalue weighted by atomic mass is 16.5. The van der Waals surface area contributed by atoms with E-state index < -0.39 is 0 Å². The Morgan fingerprint density at radius 2 is 1.49 bits per heavy atom. The lowest BCUT2D eigenvalue weighted by Crippen LogP contribution is -2.63. The Balaban J connectivity index is 1.56. The quantitative estimate of drug-likeness (QED) is 0.110. The molecule has 0 aromatic rings. The summed E-state index contributed by atoms with van der Waals surface area (Å²) in [5, 5.41) is 0. The van der Waals surface area contributed by atoms with Crippen LogP contribution in [-0.2, 0) is 18.9 Å². The summed E-state index contributed by atoms with van der Waals surface area (Å²) in [7, 11) is 0. The van der Waals surface area contributed by atoms with Gasteiger partial charge in [0.25, 0.3) is 0 Å². The molecular weight excluding hydrogens is 562 g/mol. The number of ether oxygens (including phenoxy) is 4. The Hall–Kier alpha value is -0.540. The zero-order valence-corrected chi connectivity index (χ0v) is 29.8. The largest absolute Gasteiger partial charge is 0.378 e. The van der Waals surface area contributed by atoms with Gasteiger partial charge in [0.1, 0.15) is 0 Å². The average molecular weight is 634 g/mol. The van der Waals surface area contributed by atoms with Crippen molar-refractivity contribution >= 4 is 0 Å². The molecule has 0 aromatic heterocycles. The van der Waals surface area contributed by atoms with Crippen molar-refractivity contribution in [2.45, 2.75) is 130 Å². The van der Waals surface area contributed by atoms with E-state index in [0.29, 0.717) is 72.8 Å². The number of nitrogens with two attached hydrogens (primary N) is 3. The van der Waals surface area contributed by atoms with E-state index in [1.165, 1.54) is 31.3 Å². The maximum Gasteiger partial charge on any atom is 0.0649 e. The van der Waals surface area contributed by atoms with Gasteiger partial charge in [-0.05, 0) is 151 Å². The second kappa shape index (κ2) is 17.7. The molecule has 262 valence electrons. The minimum Gasteiger partial charge on any atom is -0.378 e. The molecular formula is C38H71N3O4. The summed E-state index contributed by atoms with van der Waals surface area (Å²) >= 11 is 0. The van der Waals surface area contributed by atoms with E-state index in [0.717, 1.165) is 84.4 Å². The summed E-state index contributed by atoms with van der Waals surface area (Å²) in [4.78, 5) is 0. The molecule has 4 fully saturated rings. The van der Waals surface area contributed by atoms with Crippen molar-refractivity contribution in [3.05, 3.63) is 11.6 Å². The molecule has 4 rings (SSSR count). The lowest BCUT2D eigenvalue weighted by atomic mass is 9.43. The summed E-state index contributed by atoms with van der Waals surface area (Å²) in [5.41, 5.74) is 19.5. The zero-order valence-electron chi connectivity index (χ0n) is 29.8. The molecule has 0 amide bonds. The van der Waals surface area contributed by atoms with Gasteiger partial charge < -0.3 is 36.1 Å². The first-order valence-corrected chi connectivity index (χ1v) is 18.9. The minimum absolute atomic E-state index is 0.152. The van der Waals surface area contributed by atoms with Gasteiger partial charge in [0.2, 0.25) is 0 Å². The van der Waals surface area contributed by atoms with E-state index in [1.54, 1.807) is 0 Å². The normalized spacial score (nSPS) is 38.3. The fraction of sp³-hybridized carbons (Fsp3) is 0.947. The van der Waals surface area contributed by atoms with Crippen LogP contribution in [0.2, 0.25) is 0 Å². The molecule has 0 radical (unpaired) electrons. The van der Waals surface area contributed by atoms with Crippen molar-refractivity contribution in [1.82, 2.24) is 0 Å². The molecule has 0 aliphatic heterocycles. The van der Waals surface area contributed by atoms with Crippen LogP contribution in [-0.4, -0.2) is 71.0 Å². The van der Waals surface area contributed by atoms with Gasteiger partial charge in [0, 0.05) is 31.8 Å². The van der Waals surface area contributed by atoms with Gasteiger partial charge in [0.05, 0.1) is 24.9 Å². The predicted molar refractivity (Wildman–Crippen MR) is 185 cm³/mol. The zero-order chi connectivity index (χ0) is 32.5. The van der Waals surface area contributed by atoms with E-state index in [9.17, 15) is 0 Å². The van der Waals surface area contributed by atoms with Crippen LogP contribution in [0.4, 0.5) is 0 Å². The minimum atomic E-state index is 0.152. The first kappa shape index (κ1) is 37.3. The number of allylic oxidation sites excluding steroid dienone is 1. The first-order chi connectivity index (χ1) is 21.7. The lowest BCUT2D eigenvalue weighted by Gasteiger charge is -2.65. The van der Waals surface area contributed by atoms with Crippen LogP contribution in [0.1, 0.15) is 112 Å². The maximum absolute atomic E-state index is 6.99. The second-order valence-electron chi connectivity index (χ2n) is 16.0. The van der Waals surface area contributed by atoms with Crippen molar-refractivity contribution in [2.24, 2.45) is 63.5 Å². The van der Waals surface area contributed by atoms with Gasteiger partial charge in [-0.15, -0.1) is 0 Å². The van der Waals surface area contributed by atoms with E-state index in [4.69, 9.17) is 36.1 Å². The fourth-order valence-electron chi connectivity index (χ4n) is 10.6. The number of fused-ring (bicyclic) bond motifs is 5. The fourth-order valence-corrected chi connectivity index (χ4v) is 10.6. The Morgan fingerprint density at radius 3 is 2.18 bits per heavy atom. The van der Waals surface area contributed by atoms with Crippen molar-refractivity contribution in [2.75, 3.05) is 52.7 Å². The van der Waals surface area contributed by atoms with Crippen LogP contribution in [0.3, 0.4) is 0 Å².